The van der Waals surface area contributed by atoms with Crippen molar-refractivity contribution in [2.45, 2.75) is 18.9 Å². The van der Waals surface area contributed by atoms with Crippen molar-refractivity contribution in [2.24, 2.45) is 0 Å². The number of piperidine rings is 1. The van der Waals surface area contributed by atoms with E-state index in [0.717, 1.165) is 25.9 Å². The number of likely N-dealkylation sites (tertiary alicyclic amines) is 1. The molecule has 1 amide bonds. The third kappa shape index (κ3) is 4.02. The minimum atomic E-state index is -0.529. The first kappa shape index (κ1) is 16.4. The van der Waals surface area contributed by atoms with E-state index in [-0.39, 0.29) is 30.7 Å². The Balaban J connectivity index is 2.20. The zero-order valence-corrected chi connectivity index (χ0v) is 13.6. The molecule has 0 saturated carbocycles. The zero-order chi connectivity index (χ0) is 15.4. The van der Waals surface area contributed by atoms with E-state index in [1.54, 1.807) is 11.0 Å². The summed E-state index contributed by atoms with van der Waals surface area (Å²) in [5.74, 6) is -0.878. The summed E-state index contributed by atoms with van der Waals surface area (Å²) in [6.45, 7) is 1.93. The lowest BCUT2D eigenvalue weighted by molar-refractivity contribution is 0.0535. The molecule has 1 N–H and O–H groups in total. The Hall–Kier alpha value is -0.980. The third-order valence-electron chi connectivity index (χ3n) is 3.89. The first-order valence-corrected chi connectivity index (χ1v) is 7.87. The van der Waals surface area contributed by atoms with Crippen LogP contribution in [0.2, 0.25) is 0 Å². The van der Waals surface area contributed by atoms with Gasteiger partial charge in [-0.1, -0.05) is 15.9 Å². The molecule has 1 saturated heterocycles. The molecule has 1 fully saturated rings. The minimum absolute atomic E-state index is 0.0525. The molecule has 0 unspecified atom stereocenters. The average molecular weight is 359 g/mol. The van der Waals surface area contributed by atoms with Gasteiger partial charge in [-0.25, -0.2) is 4.39 Å². The summed E-state index contributed by atoms with van der Waals surface area (Å²) in [5, 5.41) is 9.23. The standard InChI is InChI=1S/C15H20BrFN2O2/c1-18-6-4-12(5-7-18)19(8-9-20)15(21)13-10-11(16)2-3-14(13)17/h2-3,10,12,20H,4-9H2,1H3. The highest BCUT2D eigenvalue weighted by atomic mass is 79.9. The number of carbonyl (C=O) groups excluding carboxylic acids is 1. The van der Waals surface area contributed by atoms with E-state index in [1.165, 1.54) is 12.1 Å². The topological polar surface area (TPSA) is 43.8 Å². The number of amides is 1. The average Bonchev–Trinajstić information content (AvgIpc) is 2.48. The lowest BCUT2D eigenvalue weighted by Crippen LogP contribution is -2.47. The largest absolute Gasteiger partial charge is 0.395 e. The van der Waals surface area contributed by atoms with Crippen molar-refractivity contribution >= 4 is 21.8 Å². The van der Waals surface area contributed by atoms with Gasteiger partial charge in [0.05, 0.1) is 12.2 Å². The van der Waals surface area contributed by atoms with Crippen molar-refractivity contribution in [3.8, 4) is 0 Å². The van der Waals surface area contributed by atoms with Gasteiger partial charge in [0.1, 0.15) is 5.82 Å². The molecule has 0 aliphatic carbocycles. The maximum atomic E-state index is 13.9. The molecule has 6 heteroatoms. The number of benzene rings is 1. The number of aliphatic hydroxyl groups is 1. The summed E-state index contributed by atoms with van der Waals surface area (Å²) >= 11 is 3.26. The number of nitrogens with zero attached hydrogens (tertiary/aromatic N) is 2. The summed E-state index contributed by atoms with van der Waals surface area (Å²) in [4.78, 5) is 16.4. The Morgan fingerprint density at radius 2 is 2.14 bits per heavy atom. The summed E-state index contributed by atoms with van der Waals surface area (Å²) in [6, 6.07) is 4.40. The highest BCUT2D eigenvalue weighted by Crippen LogP contribution is 2.21. The molecule has 0 spiro atoms. The molecule has 1 heterocycles. The van der Waals surface area contributed by atoms with E-state index in [0.29, 0.717) is 4.47 Å². The molecule has 0 radical (unpaired) electrons. The van der Waals surface area contributed by atoms with Gasteiger partial charge in [-0.15, -0.1) is 0 Å². The highest BCUT2D eigenvalue weighted by Gasteiger charge is 2.28. The van der Waals surface area contributed by atoms with Gasteiger partial charge in [-0.2, -0.15) is 0 Å². The summed E-state index contributed by atoms with van der Waals surface area (Å²) < 4.78 is 14.6. The van der Waals surface area contributed by atoms with E-state index in [1.807, 2.05) is 7.05 Å². The lowest BCUT2D eigenvalue weighted by Gasteiger charge is -2.37. The van der Waals surface area contributed by atoms with E-state index < -0.39 is 5.82 Å². The Kier molecular flexibility index (Phi) is 5.72. The maximum absolute atomic E-state index is 13.9. The quantitative estimate of drug-likeness (QED) is 0.896. The van der Waals surface area contributed by atoms with Crippen LogP contribution in [0.5, 0.6) is 0 Å². The van der Waals surface area contributed by atoms with Crippen molar-refractivity contribution in [1.82, 2.24) is 9.80 Å². The summed E-state index contributed by atoms with van der Waals surface area (Å²) in [6.07, 6.45) is 1.69. The van der Waals surface area contributed by atoms with Gasteiger partial charge >= 0.3 is 0 Å². The molecule has 0 atom stereocenters. The molecular weight excluding hydrogens is 339 g/mol. The fraction of sp³-hybridized carbons (Fsp3) is 0.533. The second-order valence-corrected chi connectivity index (χ2v) is 6.30. The van der Waals surface area contributed by atoms with Gasteiger partial charge in [0, 0.05) is 17.1 Å². The molecule has 4 nitrogen and oxygen atoms in total. The Morgan fingerprint density at radius 1 is 1.48 bits per heavy atom. The Morgan fingerprint density at radius 3 is 2.76 bits per heavy atom. The Labute approximate surface area is 132 Å². The van der Waals surface area contributed by atoms with E-state index in [4.69, 9.17) is 0 Å². The van der Waals surface area contributed by atoms with Crippen molar-refractivity contribution in [3.63, 3.8) is 0 Å². The van der Waals surface area contributed by atoms with Crippen LogP contribution in [0, 0.1) is 5.82 Å². The fourth-order valence-electron chi connectivity index (χ4n) is 2.68. The number of hydrogen-bond acceptors (Lipinski definition) is 3. The molecule has 21 heavy (non-hydrogen) atoms. The second kappa shape index (κ2) is 7.33. The van der Waals surface area contributed by atoms with Crippen LogP contribution in [0.1, 0.15) is 23.2 Å². The number of hydrogen-bond donors (Lipinski definition) is 1. The van der Waals surface area contributed by atoms with Crippen molar-refractivity contribution < 1.29 is 14.3 Å². The molecular formula is C15H20BrFN2O2. The monoisotopic (exact) mass is 358 g/mol. The van der Waals surface area contributed by atoms with E-state index in [9.17, 15) is 14.3 Å². The molecule has 1 aliphatic rings. The van der Waals surface area contributed by atoms with Gasteiger partial charge in [-0.05, 0) is 51.2 Å². The van der Waals surface area contributed by atoms with Crippen LogP contribution in [-0.2, 0) is 0 Å². The van der Waals surface area contributed by atoms with Crippen LogP contribution in [-0.4, -0.2) is 60.1 Å². The molecule has 1 aliphatic heterocycles. The third-order valence-corrected chi connectivity index (χ3v) is 4.38. The zero-order valence-electron chi connectivity index (χ0n) is 12.1. The normalized spacial score (nSPS) is 17.0. The van der Waals surface area contributed by atoms with Gasteiger partial charge in [0.15, 0.2) is 0 Å². The van der Waals surface area contributed by atoms with Crippen LogP contribution in [0.25, 0.3) is 0 Å². The van der Waals surface area contributed by atoms with Crippen LogP contribution in [0.3, 0.4) is 0 Å². The van der Waals surface area contributed by atoms with Gasteiger partial charge < -0.3 is 14.9 Å². The fourth-order valence-corrected chi connectivity index (χ4v) is 3.04. The number of halogens is 2. The molecule has 2 rings (SSSR count). The van der Waals surface area contributed by atoms with Crippen molar-refractivity contribution in [3.05, 3.63) is 34.1 Å². The van der Waals surface area contributed by atoms with Crippen molar-refractivity contribution in [1.29, 1.82) is 0 Å². The molecule has 1 aromatic rings. The van der Waals surface area contributed by atoms with E-state index in [2.05, 4.69) is 20.8 Å². The first-order chi connectivity index (χ1) is 10.0. The SMILES string of the molecule is CN1CCC(N(CCO)C(=O)c2cc(Br)ccc2F)CC1. The van der Waals surface area contributed by atoms with Crippen LogP contribution in [0.4, 0.5) is 4.39 Å². The van der Waals surface area contributed by atoms with Gasteiger partial charge in [-0.3, -0.25) is 4.79 Å². The number of carbonyl (C=O) groups is 1. The van der Waals surface area contributed by atoms with Crippen molar-refractivity contribution in [2.75, 3.05) is 33.3 Å². The Bertz CT molecular complexity index is 504. The smallest absolute Gasteiger partial charge is 0.257 e. The molecule has 116 valence electrons. The summed E-state index contributed by atoms with van der Waals surface area (Å²) in [5.41, 5.74) is 0.0525. The van der Waals surface area contributed by atoms with Crippen LogP contribution in [0.15, 0.2) is 22.7 Å². The maximum Gasteiger partial charge on any atom is 0.257 e. The second-order valence-electron chi connectivity index (χ2n) is 5.38. The molecule has 0 bridgehead atoms. The predicted octanol–water partition coefficient (Wildman–Crippen LogP) is 2.12. The molecule has 0 aromatic heterocycles. The van der Waals surface area contributed by atoms with E-state index >= 15 is 0 Å². The lowest BCUT2D eigenvalue weighted by atomic mass is 10.0. The summed E-state index contributed by atoms with van der Waals surface area (Å²) in [7, 11) is 2.04. The first-order valence-electron chi connectivity index (χ1n) is 7.08. The highest BCUT2D eigenvalue weighted by molar-refractivity contribution is 9.10. The van der Waals surface area contributed by atoms with Crippen LogP contribution >= 0.6 is 15.9 Å². The van der Waals surface area contributed by atoms with Crippen LogP contribution < -0.4 is 0 Å². The predicted molar refractivity (Wildman–Crippen MR) is 82.7 cm³/mol. The molecule has 1 aromatic carbocycles. The number of aliphatic hydroxyl groups excluding tert-OH is 1. The number of rotatable bonds is 4. The minimum Gasteiger partial charge on any atom is -0.395 e. The van der Waals surface area contributed by atoms with Gasteiger partial charge in [0.25, 0.3) is 5.91 Å². The van der Waals surface area contributed by atoms with Gasteiger partial charge in [0.2, 0.25) is 0 Å².